The standard InChI is InChI=1S/C11H13N5O/c1-7(12)8-2-4-14-10(6-8)16-5-3-9(15-16)11(13)17/h2-7H,12H2,1H3,(H2,13,17). The van der Waals surface area contributed by atoms with Gasteiger partial charge >= 0.3 is 0 Å². The van der Waals surface area contributed by atoms with E-state index in [4.69, 9.17) is 11.5 Å². The van der Waals surface area contributed by atoms with Crippen LogP contribution in [0.2, 0.25) is 0 Å². The van der Waals surface area contributed by atoms with Crippen molar-refractivity contribution in [3.63, 3.8) is 0 Å². The highest BCUT2D eigenvalue weighted by Gasteiger charge is 2.08. The highest BCUT2D eigenvalue weighted by Crippen LogP contribution is 2.12. The molecule has 6 heteroatoms. The maximum Gasteiger partial charge on any atom is 0.269 e. The van der Waals surface area contributed by atoms with Gasteiger partial charge in [0.15, 0.2) is 5.82 Å². The first-order chi connectivity index (χ1) is 8.08. The van der Waals surface area contributed by atoms with Gasteiger partial charge in [-0.25, -0.2) is 9.67 Å². The van der Waals surface area contributed by atoms with Crippen LogP contribution in [0.25, 0.3) is 5.82 Å². The highest BCUT2D eigenvalue weighted by atomic mass is 16.1. The van der Waals surface area contributed by atoms with Crippen LogP contribution >= 0.6 is 0 Å². The minimum atomic E-state index is -0.563. The van der Waals surface area contributed by atoms with Crippen molar-refractivity contribution in [2.24, 2.45) is 11.5 Å². The molecule has 0 radical (unpaired) electrons. The van der Waals surface area contributed by atoms with E-state index in [0.29, 0.717) is 5.82 Å². The molecule has 2 aromatic heterocycles. The molecule has 2 rings (SSSR count). The van der Waals surface area contributed by atoms with Crippen LogP contribution < -0.4 is 11.5 Å². The Hall–Kier alpha value is -2.21. The number of hydrogen-bond acceptors (Lipinski definition) is 4. The van der Waals surface area contributed by atoms with Gasteiger partial charge in [0.1, 0.15) is 5.69 Å². The normalized spacial score (nSPS) is 12.4. The monoisotopic (exact) mass is 231 g/mol. The molecule has 0 aliphatic carbocycles. The van der Waals surface area contributed by atoms with Crippen molar-refractivity contribution >= 4 is 5.91 Å². The topological polar surface area (TPSA) is 99.8 Å². The number of amides is 1. The van der Waals surface area contributed by atoms with E-state index < -0.39 is 5.91 Å². The highest BCUT2D eigenvalue weighted by molar-refractivity contribution is 5.90. The number of carbonyl (C=O) groups is 1. The van der Waals surface area contributed by atoms with E-state index in [0.717, 1.165) is 5.56 Å². The number of rotatable bonds is 3. The second kappa shape index (κ2) is 4.34. The molecular formula is C11H13N5O. The van der Waals surface area contributed by atoms with Crippen molar-refractivity contribution in [3.05, 3.63) is 41.9 Å². The fourth-order valence-corrected chi connectivity index (χ4v) is 1.43. The lowest BCUT2D eigenvalue weighted by Crippen LogP contribution is -2.12. The molecule has 0 spiro atoms. The molecule has 0 aromatic carbocycles. The third kappa shape index (κ3) is 2.31. The van der Waals surface area contributed by atoms with Gasteiger partial charge in [0.05, 0.1) is 0 Å². The second-order valence-corrected chi connectivity index (χ2v) is 3.75. The minimum Gasteiger partial charge on any atom is -0.364 e. The third-order valence-corrected chi connectivity index (χ3v) is 2.37. The predicted molar refractivity (Wildman–Crippen MR) is 62.5 cm³/mol. The Kier molecular flexibility index (Phi) is 2.88. The molecule has 88 valence electrons. The summed E-state index contributed by atoms with van der Waals surface area (Å²) in [5, 5.41) is 4.02. The van der Waals surface area contributed by atoms with Crippen LogP contribution in [0.1, 0.15) is 29.0 Å². The number of pyridine rings is 1. The summed E-state index contributed by atoms with van der Waals surface area (Å²) in [4.78, 5) is 15.1. The van der Waals surface area contributed by atoms with Crippen molar-refractivity contribution < 1.29 is 4.79 Å². The number of carbonyl (C=O) groups excluding carboxylic acids is 1. The zero-order valence-corrected chi connectivity index (χ0v) is 9.37. The summed E-state index contributed by atoms with van der Waals surface area (Å²) in [6.07, 6.45) is 3.28. The molecule has 1 atom stereocenters. The first-order valence-corrected chi connectivity index (χ1v) is 5.15. The molecule has 2 heterocycles. The van der Waals surface area contributed by atoms with Gasteiger partial charge < -0.3 is 11.5 Å². The second-order valence-electron chi connectivity index (χ2n) is 3.75. The average molecular weight is 231 g/mol. The summed E-state index contributed by atoms with van der Waals surface area (Å²) >= 11 is 0. The fraction of sp³-hybridized carbons (Fsp3) is 0.182. The lowest BCUT2D eigenvalue weighted by molar-refractivity contribution is 0.0995. The Labute approximate surface area is 98.3 Å². The van der Waals surface area contributed by atoms with Crippen LogP contribution in [0.4, 0.5) is 0 Å². The van der Waals surface area contributed by atoms with Gasteiger partial charge in [-0.1, -0.05) is 0 Å². The Morgan fingerprint density at radius 2 is 2.24 bits per heavy atom. The molecule has 17 heavy (non-hydrogen) atoms. The number of primary amides is 1. The van der Waals surface area contributed by atoms with E-state index in [9.17, 15) is 4.79 Å². The quantitative estimate of drug-likeness (QED) is 0.797. The molecule has 0 saturated carbocycles. The van der Waals surface area contributed by atoms with Crippen molar-refractivity contribution in [3.8, 4) is 5.82 Å². The number of nitrogens with zero attached hydrogens (tertiary/aromatic N) is 3. The van der Waals surface area contributed by atoms with E-state index in [2.05, 4.69) is 10.1 Å². The van der Waals surface area contributed by atoms with Crippen LogP contribution in [0, 0.1) is 0 Å². The van der Waals surface area contributed by atoms with Crippen molar-refractivity contribution in [2.45, 2.75) is 13.0 Å². The lowest BCUT2D eigenvalue weighted by Gasteiger charge is -2.07. The Bertz CT molecular complexity index is 546. The Balaban J connectivity index is 2.38. The van der Waals surface area contributed by atoms with Gasteiger partial charge in [-0.3, -0.25) is 4.79 Å². The molecule has 4 N–H and O–H groups in total. The van der Waals surface area contributed by atoms with E-state index in [1.54, 1.807) is 18.5 Å². The summed E-state index contributed by atoms with van der Waals surface area (Å²) in [5.41, 5.74) is 12.1. The van der Waals surface area contributed by atoms with Crippen LogP contribution in [-0.4, -0.2) is 20.7 Å². The van der Waals surface area contributed by atoms with Gasteiger partial charge in [0.2, 0.25) is 0 Å². The average Bonchev–Trinajstić information content (AvgIpc) is 2.78. The fourth-order valence-electron chi connectivity index (χ4n) is 1.43. The molecule has 0 bridgehead atoms. The zero-order chi connectivity index (χ0) is 12.4. The van der Waals surface area contributed by atoms with Crippen LogP contribution in [-0.2, 0) is 0 Å². The van der Waals surface area contributed by atoms with Crippen molar-refractivity contribution in [1.29, 1.82) is 0 Å². The number of nitrogens with two attached hydrogens (primary N) is 2. The van der Waals surface area contributed by atoms with E-state index in [1.165, 1.54) is 4.68 Å². The van der Waals surface area contributed by atoms with Crippen LogP contribution in [0.15, 0.2) is 30.6 Å². The van der Waals surface area contributed by atoms with Gasteiger partial charge in [-0.05, 0) is 30.7 Å². The van der Waals surface area contributed by atoms with Gasteiger partial charge in [-0.15, -0.1) is 0 Å². The Morgan fingerprint density at radius 3 is 2.82 bits per heavy atom. The maximum absolute atomic E-state index is 10.9. The van der Waals surface area contributed by atoms with Crippen LogP contribution in [0.5, 0.6) is 0 Å². The molecule has 6 nitrogen and oxygen atoms in total. The maximum atomic E-state index is 10.9. The molecule has 1 amide bonds. The summed E-state index contributed by atoms with van der Waals surface area (Å²) in [6.45, 7) is 1.89. The molecule has 0 aliphatic rings. The van der Waals surface area contributed by atoms with Crippen molar-refractivity contribution in [2.75, 3.05) is 0 Å². The first-order valence-electron chi connectivity index (χ1n) is 5.15. The predicted octanol–water partition coefficient (Wildman–Crippen LogP) is 0.386. The largest absolute Gasteiger partial charge is 0.364 e. The van der Waals surface area contributed by atoms with Crippen molar-refractivity contribution in [1.82, 2.24) is 14.8 Å². The molecule has 0 aliphatic heterocycles. The molecule has 0 fully saturated rings. The lowest BCUT2D eigenvalue weighted by atomic mass is 10.1. The summed E-state index contributed by atoms with van der Waals surface area (Å²) in [6, 6.07) is 5.13. The number of hydrogen-bond donors (Lipinski definition) is 2. The molecule has 1 unspecified atom stereocenters. The third-order valence-electron chi connectivity index (χ3n) is 2.37. The van der Waals surface area contributed by atoms with E-state index in [1.807, 2.05) is 19.1 Å². The first kappa shape index (κ1) is 11.3. The van der Waals surface area contributed by atoms with Gasteiger partial charge in [0.25, 0.3) is 5.91 Å². The van der Waals surface area contributed by atoms with Crippen LogP contribution in [0.3, 0.4) is 0 Å². The SMILES string of the molecule is CC(N)c1ccnc(-n2ccc(C(N)=O)n2)c1. The Morgan fingerprint density at radius 1 is 1.47 bits per heavy atom. The smallest absolute Gasteiger partial charge is 0.269 e. The zero-order valence-electron chi connectivity index (χ0n) is 9.37. The summed E-state index contributed by atoms with van der Waals surface area (Å²) in [5.74, 6) is 0.0411. The molecule has 0 saturated heterocycles. The van der Waals surface area contributed by atoms with E-state index >= 15 is 0 Å². The van der Waals surface area contributed by atoms with Gasteiger partial charge in [-0.2, -0.15) is 5.10 Å². The molecular weight excluding hydrogens is 218 g/mol. The number of aromatic nitrogens is 3. The van der Waals surface area contributed by atoms with E-state index in [-0.39, 0.29) is 11.7 Å². The summed E-state index contributed by atoms with van der Waals surface area (Å²) in [7, 11) is 0. The minimum absolute atomic E-state index is 0.0806. The summed E-state index contributed by atoms with van der Waals surface area (Å²) < 4.78 is 1.49. The van der Waals surface area contributed by atoms with Gasteiger partial charge in [0, 0.05) is 18.4 Å². The molecule has 2 aromatic rings.